The van der Waals surface area contributed by atoms with Gasteiger partial charge < -0.3 is 9.72 Å². The Hall–Kier alpha value is -3.74. The average molecular weight is 390 g/mol. The van der Waals surface area contributed by atoms with Gasteiger partial charge in [-0.25, -0.2) is 4.79 Å². The Morgan fingerprint density at radius 2 is 1.76 bits per heavy atom. The summed E-state index contributed by atoms with van der Waals surface area (Å²) in [5, 5.41) is 0.758. The van der Waals surface area contributed by atoms with E-state index < -0.39 is 12.1 Å². The summed E-state index contributed by atoms with van der Waals surface area (Å²) >= 11 is 0. The molecule has 2 aromatic carbocycles. The number of para-hydroxylation sites is 1. The van der Waals surface area contributed by atoms with Crippen molar-refractivity contribution in [2.24, 2.45) is 0 Å². The van der Waals surface area contributed by atoms with E-state index in [1.807, 2.05) is 24.3 Å². The zero-order chi connectivity index (χ0) is 20.5. The third-order valence-electron chi connectivity index (χ3n) is 4.90. The number of nitrogens with one attached hydrogen (secondary N) is 1. The van der Waals surface area contributed by atoms with E-state index in [9.17, 15) is 19.2 Å². The van der Waals surface area contributed by atoms with Gasteiger partial charge in [-0.15, -0.1) is 0 Å². The predicted octanol–water partition coefficient (Wildman–Crippen LogP) is 3.25. The molecule has 1 aliphatic rings. The number of ether oxygens (including phenoxy) is 1. The Bertz CT molecular complexity index is 1130. The fourth-order valence-electron chi connectivity index (χ4n) is 3.41. The molecule has 0 bridgehead atoms. The van der Waals surface area contributed by atoms with E-state index in [1.54, 1.807) is 18.3 Å². The monoisotopic (exact) mass is 390 g/mol. The standard InChI is InChI=1S/C22H18N2O5/c1-13(21(27)17-12-23-18-8-3-2-7-16(17)18)29-22(28)14-5-4-6-15(11-14)24-19(25)9-10-20(24)26/h2-8,11-13,23H,9-10H2,1H3/t13-/m1/s1. The van der Waals surface area contributed by atoms with E-state index in [4.69, 9.17) is 4.74 Å². The van der Waals surface area contributed by atoms with Crippen molar-refractivity contribution in [1.29, 1.82) is 0 Å². The van der Waals surface area contributed by atoms with E-state index in [0.717, 1.165) is 15.8 Å². The molecule has 29 heavy (non-hydrogen) atoms. The van der Waals surface area contributed by atoms with Crippen LogP contribution in [0.3, 0.4) is 0 Å². The minimum atomic E-state index is -1.000. The second-order valence-corrected chi connectivity index (χ2v) is 6.83. The van der Waals surface area contributed by atoms with E-state index in [-0.39, 0.29) is 36.0 Å². The van der Waals surface area contributed by atoms with E-state index >= 15 is 0 Å². The summed E-state index contributed by atoms with van der Waals surface area (Å²) in [5.74, 6) is -1.63. The minimum absolute atomic E-state index is 0.156. The number of hydrogen-bond donors (Lipinski definition) is 1. The lowest BCUT2D eigenvalue weighted by Crippen LogP contribution is -2.29. The molecule has 0 aliphatic carbocycles. The van der Waals surface area contributed by atoms with Crippen LogP contribution in [-0.4, -0.2) is 34.7 Å². The predicted molar refractivity (Wildman–Crippen MR) is 106 cm³/mol. The molecule has 7 heteroatoms. The molecule has 2 heterocycles. The molecule has 0 unspecified atom stereocenters. The van der Waals surface area contributed by atoms with Crippen molar-refractivity contribution in [1.82, 2.24) is 4.98 Å². The molecule has 0 radical (unpaired) electrons. The molecule has 1 aromatic heterocycles. The highest BCUT2D eigenvalue weighted by molar-refractivity contribution is 6.20. The maximum atomic E-state index is 12.8. The summed E-state index contributed by atoms with van der Waals surface area (Å²) < 4.78 is 5.35. The topological polar surface area (TPSA) is 96.5 Å². The molecule has 0 spiro atoms. The highest BCUT2D eigenvalue weighted by Crippen LogP contribution is 2.24. The van der Waals surface area contributed by atoms with Crippen LogP contribution in [0.2, 0.25) is 0 Å². The number of benzene rings is 2. The van der Waals surface area contributed by atoms with Crippen molar-refractivity contribution in [2.75, 3.05) is 4.90 Å². The largest absolute Gasteiger partial charge is 0.451 e. The van der Waals surface area contributed by atoms with Gasteiger partial charge in [-0.1, -0.05) is 24.3 Å². The Kier molecular flexibility index (Phi) is 4.72. The molecule has 1 atom stereocenters. The van der Waals surface area contributed by atoms with Gasteiger partial charge in [0, 0.05) is 35.5 Å². The Labute approximate surface area is 166 Å². The quantitative estimate of drug-likeness (QED) is 0.410. The maximum Gasteiger partial charge on any atom is 0.338 e. The fraction of sp³-hybridized carbons (Fsp3) is 0.182. The highest BCUT2D eigenvalue weighted by atomic mass is 16.5. The number of carbonyl (C=O) groups is 4. The zero-order valence-electron chi connectivity index (χ0n) is 15.7. The molecule has 4 rings (SSSR count). The van der Waals surface area contributed by atoms with Crippen LogP contribution in [0.5, 0.6) is 0 Å². The molecular formula is C22H18N2O5. The van der Waals surface area contributed by atoms with Gasteiger partial charge in [-0.3, -0.25) is 19.3 Å². The number of H-pyrrole nitrogens is 1. The third kappa shape index (κ3) is 3.42. The number of Topliss-reactive ketones (excluding diaryl/α,β-unsaturated/α-hetero) is 1. The molecule has 0 saturated carbocycles. The van der Waals surface area contributed by atoms with Crippen LogP contribution in [-0.2, 0) is 14.3 Å². The first-order valence-corrected chi connectivity index (χ1v) is 9.23. The van der Waals surface area contributed by atoms with Crippen molar-refractivity contribution < 1.29 is 23.9 Å². The van der Waals surface area contributed by atoms with Crippen molar-refractivity contribution >= 4 is 40.2 Å². The van der Waals surface area contributed by atoms with Crippen molar-refractivity contribution in [3.8, 4) is 0 Å². The number of fused-ring (bicyclic) bond motifs is 1. The van der Waals surface area contributed by atoms with E-state index in [0.29, 0.717) is 11.3 Å². The first-order valence-electron chi connectivity index (χ1n) is 9.23. The number of rotatable bonds is 5. The number of aromatic nitrogens is 1. The second-order valence-electron chi connectivity index (χ2n) is 6.83. The minimum Gasteiger partial charge on any atom is -0.451 e. The SMILES string of the molecule is C[C@@H](OC(=O)c1cccc(N2C(=O)CCC2=O)c1)C(=O)c1c[nH]c2ccccc12. The van der Waals surface area contributed by atoms with Gasteiger partial charge in [-0.2, -0.15) is 0 Å². The summed E-state index contributed by atoms with van der Waals surface area (Å²) in [5.41, 5.74) is 1.75. The van der Waals surface area contributed by atoms with Crippen molar-refractivity contribution in [3.05, 3.63) is 65.9 Å². The molecule has 7 nitrogen and oxygen atoms in total. The number of anilines is 1. The molecule has 3 aromatic rings. The van der Waals surface area contributed by atoms with Gasteiger partial charge in [0.05, 0.1) is 11.3 Å². The number of aromatic amines is 1. The highest BCUT2D eigenvalue weighted by Gasteiger charge is 2.31. The number of amides is 2. The van der Waals surface area contributed by atoms with Crippen LogP contribution in [0, 0.1) is 0 Å². The van der Waals surface area contributed by atoms with Crippen LogP contribution < -0.4 is 4.90 Å². The third-order valence-corrected chi connectivity index (χ3v) is 4.90. The smallest absolute Gasteiger partial charge is 0.338 e. The number of hydrogen-bond acceptors (Lipinski definition) is 5. The lowest BCUT2D eigenvalue weighted by atomic mass is 10.1. The van der Waals surface area contributed by atoms with Crippen molar-refractivity contribution in [2.45, 2.75) is 25.9 Å². The maximum absolute atomic E-state index is 12.8. The summed E-state index contributed by atoms with van der Waals surface area (Å²) in [7, 11) is 0. The zero-order valence-corrected chi connectivity index (χ0v) is 15.7. The normalized spacial score (nSPS) is 15.0. The molecule has 2 amide bonds. The van der Waals surface area contributed by atoms with Gasteiger partial charge in [-0.05, 0) is 31.2 Å². The van der Waals surface area contributed by atoms with Crippen LogP contribution in [0.1, 0.15) is 40.5 Å². The summed E-state index contributed by atoms with van der Waals surface area (Å²) in [6.45, 7) is 1.51. The Morgan fingerprint density at radius 1 is 1.03 bits per heavy atom. The Balaban J connectivity index is 1.52. The number of carbonyl (C=O) groups excluding carboxylic acids is 4. The lowest BCUT2D eigenvalue weighted by Gasteiger charge is -2.16. The molecule has 1 aliphatic heterocycles. The number of nitrogens with zero attached hydrogens (tertiary/aromatic N) is 1. The van der Waals surface area contributed by atoms with Gasteiger partial charge in [0.25, 0.3) is 0 Å². The molecule has 1 saturated heterocycles. The second kappa shape index (κ2) is 7.35. The first-order chi connectivity index (χ1) is 14.0. The molecular weight excluding hydrogens is 372 g/mol. The number of esters is 1. The van der Waals surface area contributed by atoms with Gasteiger partial charge in [0.1, 0.15) is 0 Å². The van der Waals surface area contributed by atoms with Crippen LogP contribution >= 0.6 is 0 Å². The van der Waals surface area contributed by atoms with E-state index in [2.05, 4.69) is 4.98 Å². The lowest BCUT2D eigenvalue weighted by molar-refractivity contribution is -0.121. The number of imide groups is 1. The van der Waals surface area contributed by atoms with Gasteiger partial charge in [0.2, 0.25) is 17.6 Å². The summed E-state index contributed by atoms with van der Waals surface area (Å²) in [6.07, 6.45) is 0.913. The van der Waals surface area contributed by atoms with Crippen LogP contribution in [0.25, 0.3) is 10.9 Å². The van der Waals surface area contributed by atoms with Gasteiger partial charge >= 0.3 is 5.97 Å². The number of ketones is 1. The molecule has 1 N–H and O–H groups in total. The first kappa shape index (κ1) is 18.6. The summed E-state index contributed by atoms with van der Waals surface area (Å²) in [4.78, 5) is 53.2. The average Bonchev–Trinajstić information content (AvgIpc) is 3.30. The van der Waals surface area contributed by atoms with Crippen LogP contribution in [0.4, 0.5) is 5.69 Å². The van der Waals surface area contributed by atoms with Crippen molar-refractivity contribution in [3.63, 3.8) is 0 Å². The summed E-state index contributed by atoms with van der Waals surface area (Å²) in [6, 6.07) is 13.5. The fourth-order valence-corrected chi connectivity index (χ4v) is 3.41. The van der Waals surface area contributed by atoms with E-state index in [1.165, 1.54) is 19.1 Å². The van der Waals surface area contributed by atoms with Gasteiger partial charge in [0.15, 0.2) is 6.10 Å². The Morgan fingerprint density at radius 3 is 2.52 bits per heavy atom. The van der Waals surface area contributed by atoms with Crippen LogP contribution in [0.15, 0.2) is 54.7 Å². The molecule has 146 valence electrons. The molecule has 1 fully saturated rings.